The first kappa shape index (κ1) is 16.1. The first-order chi connectivity index (χ1) is 9.75. The zero-order chi connectivity index (χ0) is 15.6. The van der Waals surface area contributed by atoms with Gasteiger partial charge in [0.05, 0.1) is 0 Å². The molecule has 1 nitrogen and oxygen atoms in total. The van der Waals surface area contributed by atoms with Gasteiger partial charge >= 0.3 is 0 Å². The van der Waals surface area contributed by atoms with E-state index in [9.17, 15) is 13.6 Å². The third-order valence-electron chi connectivity index (χ3n) is 4.71. The highest BCUT2D eigenvalue weighted by Crippen LogP contribution is 2.40. The van der Waals surface area contributed by atoms with Gasteiger partial charge in [0.2, 0.25) is 0 Å². The van der Waals surface area contributed by atoms with Gasteiger partial charge in [-0.3, -0.25) is 4.79 Å². The third-order valence-corrected chi connectivity index (χ3v) is 4.71. The van der Waals surface area contributed by atoms with Crippen molar-refractivity contribution in [2.24, 2.45) is 17.3 Å². The fraction of sp³-hybridized carbons (Fsp3) is 0.611. The first-order valence-corrected chi connectivity index (χ1v) is 7.73. The Morgan fingerprint density at radius 2 is 1.57 bits per heavy atom. The van der Waals surface area contributed by atoms with Crippen LogP contribution in [-0.4, -0.2) is 5.78 Å². The Balaban J connectivity index is 1.93. The molecule has 3 heteroatoms. The van der Waals surface area contributed by atoms with Gasteiger partial charge in [-0.1, -0.05) is 20.8 Å². The molecule has 2 rings (SSSR count). The van der Waals surface area contributed by atoms with E-state index in [1.165, 1.54) is 12.1 Å². The molecule has 0 heterocycles. The van der Waals surface area contributed by atoms with Gasteiger partial charge in [-0.05, 0) is 54.7 Å². The van der Waals surface area contributed by atoms with Gasteiger partial charge in [-0.2, -0.15) is 0 Å². The lowest BCUT2D eigenvalue weighted by atomic mass is 9.69. The lowest BCUT2D eigenvalue weighted by Gasteiger charge is -2.36. The Morgan fingerprint density at radius 1 is 1.05 bits per heavy atom. The molecule has 1 fully saturated rings. The number of benzene rings is 1. The Bertz CT molecular complexity index is 488. The summed E-state index contributed by atoms with van der Waals surface area (Å²) >= 11 is 0. The summed E-state index contributed by atoms with van der Waals surface area (Å²) in [4.78, 5) is 12.3. The van der Waals surface area contributed by atoms with Crippen LogP contribution in [0.5, 0.6) is 0 Å². The highest BCUT2D eigenvalue weighted by atomic mass is 19.1. The molecule has 0 bridgehead atoms. The van der Waals surface area contributed by atoms with Gasteiger partial charge < -0.3 is 0 Å². The molecule has 21 heavy (non-hydrogen) atoms. The third kappa shape index (κ3) is 4.36. The van der Waals surface area contributed by atoms with Crippen molar-refractivity contribution in [3.8, 4) is 0 Å². The molecule has 0 atom stereocenters. The van der Waals surface area contributed by atoms with Gasteiger partial charge in [-0.25, -0.2) is 8.78 Å². The standard InChI is InChI=1S/C18H24F2O/c1-18(2,3)14-6-4-13(5-7-14)17(21)10-12-8-15(19)11-16(20)9-12/h8-9,11,13-14H,4-7,10H2,1-3H3. The molecular formula is C18H24F2O. The summed E-state index contributed by atoms with van der Waals surface area (Å²) < 4.78 is 26.3. The van der Waals surface area contributed by atoms with Gasteiger partial charge in [-0.15, -0.1) is 0 Å². The SMILES string of the molecule is CC(C)(C)C1CCC(C(=O)Cc2cc(F)cc(F)c2)CC1. The van der Waals surface area contributed by atoms with Gasteiger partial charge in [0.25, 0.3) is 0 Å². The molecule has 116 valence electrons. The van der Waals surface area contributed by atoms with Crippen LogP contribution in [0.25, 0.3) is 0 Å². The number of hydrogen-bond donors (Lipinski definition) is 0. The maximum absolute atomic E-state index is 13.2. The van der Waals surface area contributed by atoms with E-state index in [0.29, 0.717) is 16.9 Å². The van der Waals surface area contributed by atoms with Crippen molar-refractivity contribution < 1.29 is 13.6 Å². The van der Waals surface area contributed by atoms with Crippen LogP contribution in [-0.2, 0) is 11.2 Å². The second-order valence-corrected chi connectivity index (χ2v) is 7.34. The predicted molar refractivity (Wildman–Crippen MR) is 80.0 cm³/mol. The molecule has 1 aromatic carbocycles. The smallest absolute Gasteiger partial charge is 0.140 e. The normalized spacial score (nSPS) is 23.1. The molecule has 0 saturated heterocycles. The van der Waals surface area contributed by atoms with Crippen LogP contribution < -0.4 is 0 Å². The molecule has 1 aromatic rings. The quantitative estimate of drug-likeness (QED) is 0.772. The molecule has 1 aliphatic carbocycles. The van der Waals surface area contributed by atoms with Crippen molar-refractivity contribution in [3.05, 3.63) is 35.4 Å². The van der Waals surface area contributed by atoms with Crippen molar-refractivity contribution in [2.45, 2.75) is 52.9 Å². The van der Waals surface area contributed by atoms with E-state index in [-0.39, 0.29) is 18.1 Å². The molecule has 0 N–H and O–H groups in total. The molecule has 0 unspecified atom stereocenters. The average molecular weight is 294 g/mol. The summed E-state index contributed by atoms with van der Waals surface area (Å²) in [5, 5.41) is 0. The lowest BCUT2D eigenvalue weighted by Crippen LogP contribution is -2.29. The predicted octanol–water partition coefficient (Wildman–Crippen LogP) is 4.93. The molecule has 0 amide bonds. The maximum Gasteiger partial charge on any atom is 0.140 e. The Kier molecular flexibility index (Phi) is 4.80. The van der Waals surface area contributed by atoms with Crippen molar-refractivity contribution in [1.29, 1.82) is 0 Å². The topological polar surface area (TPSA) is 17.1 Å². The van der Waals surface area contributed by atoms with Crippen LogP contribution in [0, 0.1) is 28.9 Å². The van der Waals surface area contributed by atoms with Crippen LogP contribution in [0.4, 0.5) is 8.78 Å². The maximum atomic E-state index is 13.2. The number of rotatable bonds is 3. The number of ketones is 1. The minimum absolute atomic E-state index is 0.0509. The van der Waals surface area contributed by atoms with Crippen LogP contribution in [0.15, 0.2) is 18.2 Å². The summed E-state index contributed by atoms with van der Waals surface area (Å²) in [7, 11) is 0. The molecule has 0 aliphatic heterocycles. The number of carbonyl (C=O) groups is 1. The van der Waals surface area contributed by atoms with E-state index >= 15 is 0 Å². The molecule has 1 saturated carbocycles. The van der Waals surface area contributed by atoms with E-state index < -0.39 is 11.6 Å². The summed E-state index contributed by atoms with van der Waals surface area (Å²) in [6.07, 6.45) is 4.07. The fourth-order valence-electron chi connectivity index (χ4n) is 3.34. The van der Waals surface area contributed by atoms with E-state index in [2.05, 4.69) is 20.8 Å². The molecule has 1 aliphatic rings. The second kappa shape index (κ2) is 6.25. The lowest BCUT2D eigenvalue weighted by molar-refractivity contribution is -0.123. The fourth-order valence-corrected chi connectivity index (χ4v) is 3.34. The second-order valence-electron chi connectivity index (χ2n) is 7.34. The number of Topliss-reactive ketones (excluding diaryl/α,β-unsaturated/α-hetero) is 1. The molecule has 0 radical (unpaired) electrons. The largest absolute Gasteiger partial charge is 0.299 e. The van der Waals surface area contributed by atoms with Gasteiger partial charge in [0, 0.05) is 18.4 Å². The van der Waals surface area contributed by atoms with E-state index in [4.69, 9.17) is 0 Å². The molecule has 0 aromatic heterocycles. The Morgan fingerprint density at radius 3 is 2.05 bits per heavy atom. The van der Waals surface area contributed by atoms with Crippen LogP contribution >= 0.6 is 0 Å². The van der Waals surface area contributed by atoms with Crippen LogP contribution in [0.1, 0.15) is 52.0 Å². The molecular weight excluding hydrogens is 270 g/mol. The van der Waals surface area contributed by atoms with Crippen molar-refractivity contribution in [1.82, 2.24) is 0 Å². The highest BCUT2D eigenvalue weighted by molar-refractivity contribution is 5.83. The van der Waals surface area contributed by atoms with Crippen molar-refractivity contribution >= 4 is 5.78 Å². The van der Waals surface area contributed by atoms with Crippen LogP contribution in [0.3, 0.4) is 0 Å². The van der Waals surface area contributed by atoms with Crippen LogP contribution in [0.2, 0.25) is 0 Å². The average Bonchev–Trinajstić information content (AvgIpc) is 2.36. The Hall–Kier alpha value is -1.25. The number of halogens is 2. The summed E-state index contributed by atoms with van der Waals surface area (Å²) in [5.74, 6) is -0.404. The van der Waals surface area contributed by atoms with Crippen molar-refractivity contribution in [3.63, 3.8) is 0 Å². The van der Waals surface area contributed by atoms with Crippen molar-refractivity contribution in [2.75, 3.05) is 0 Å². The number of carbonyl (C=O) groups excluding carboxylic acids is 1. The highest BCUT2D eigenvalue weighted by Gasteiger charge is 2.32. The zero-order valence-corrected chi connectivity index (χ0v) is 13.1. The van der Waals surface area contributed by atoms with E-state index in [1.54, 1.807) is 0 Å². The summed E-state index contributed by atoms with van der Waals surface area (Å²) in [6.45, 7) is 6.74. The Labute approximate surface area is 125 Å². The minimum atomic E-state index is -0.616. The minimum Gasteiger partial charge on any atom is -0.299 e. The summed E-state index contributed by atoms with van der Waals surface area (Å²) in [6, 6.07) is 3.34. The zero-order valence-electron chi connectivity index (χ0n) is 13.1. The van der Waals surface area contributed by atoms with Gasteiger partial charge in [0.1, 0.15) is 17.4 Å². The first-order valence-electron chi connectivity index (χ1n) is 7.73. The van der Waals surface area contributed by atoms with Gasteiger partial charge in [0.15, 0.2) is 0 Å². The summed E-state index contributed by atoms with van der Waals surface area (Å²) in [5.41, 5.74) is 0.732. The van der Waals surface area contributed by atoms with E-state index in [1.807, 2.05) is 0 Å². The number of hydrogen-bond acceptors (Lipinski definition) is 1. The molecule has 0 spiro atoms. The monoisotopic (exact) mass is 294 g/mol. The van der Waals surface area contributed by atoms with E-state index in [0.717, 1.165) is 31.7 Å².